The SMILES string of the molecule is CC(C)(C)c1ccc(-c2cccc(-c3cccc(-n4c5ccccc5c5cc(-c6ccc7c(c6)c6ccccc6n7-c6ccccc6)ccc54)c3)c2)cc1. The highest BCUT2D eigenvalue weighted by Crippen LogP contribution is 2.39. The zero-order chi connectivity index (χ0) is 36.4. The lowest BCUT2D eigenvalue weighted by atomic mass is 9.86. The van der Waals surface area contributed by atoms with Crippen molar-refractivity contribution >= 4 is 43.6 Å². The molecule has 0 saturated heterocycles. The first-order valence-electron chi connectivity index (χ1n) is 18.8. The Kier molecular flexibility index (Phi) is 7.42. The number of nitrogens with zero attached hydrogens (tertiary/aromatic N) is 2. The van der Waals surface area contributed by atoms with Gasteiger partial charge in [0.1, 0.15) is 0 Å². The minimum atomic E-state index is 0.134. The van der Waals surface area contributed by atoms with E-state index >= 15 is 0 Å². The molecule has 0 saturated carbocycles. The van der Waals surface area contributed by atoms with E-state index in [-0.39, 0.29) is 5.41 Å². The van der Waals surface area contributed by atoms with Crippen molar-refractivity contribution in [3.8, 4) is 44.8 Å². The Morgan fingerprint density at radius 3 is 1.31 bits per heavy atom. The number of aromatic nitrogens is 2. The summed E-state index contributed by atoms with van der Waals surface area (Å²) in [6, 6.07) is 69.0. The largest absolute Gasteiger partial charge is 0.309 e. The van der Waals surface area contributed by atoms with Crippen LogP contribution in [0.25, 0.3) is 88.4 Å². The Labute approximate surface area is 316 Å². The lowest BCUT2D eigenvalue weighted by Crippen LogP contribution is -2.10. The van der Waals surface area contributed by atoms with Gasteiger partial charge in [-0.1, -0.05) is 142 Å². The van der Waals surface area contributed by atoms with Gasteiger partial charge in [-0.2, -0.15) is 0 Å². The van der Waals surface area contributed by atoms with Crippen LogP contribution in [0.5, 0.6) is 0 Å². The Morgan fingerprint density at radius 1 is 0.296 bits per heavy atom. The monoisotopic (exact) mass is 692 g/mol. The average Bonchev–Trinajstić information content (AvgIpc) is 3.73. The van der Waals surface area contributed by atoms with Crippen LogP contribution < -0.4 is 0 Å². The van der Waals surface area contributed by atoms with Crippen LogP contribution in [0.2, 0.25) is 0 Å². The van der Waals surface area contributed by atoms with Gasteiger partial charge in [0.15, 0.2) is 0 Å². The molecule has 2 heteroatoms. The fourth-order valence-electron chi connectivity index (χ4n) is 8.30. The number of fused-ring (bicyclic) bond motifs is 6. The highest BCUT2D eigenvalue weighted by Gasteiger charge is 2.17. The smallest absolute Gasteiger partial charge is 0.0541 e. The van der Waals surface area contributed by atoms with Gasteiger partial charge in [0.25, 0.3) is 0 Å². The second-order valence-electron chi connectivity index (χ2n) is 15.5. The molecule has 10 aromatic rings. The summed E-state index contributed by atoms with van der Waals surface area (Å²) in [6.45, 7) is 6.79. The van der Waals surface area contributed by atoms with E-state index in [1.165, 1.54) is 88.2 Å². The van der Waals surface area contributed by atoms with Crippen molar-refractivity contribution in [3.63, 3.8) is 0 Å². The number of benzene rings is 8. The summed E-state index contributed by atoms with van der Waals surface area (Å²) >= 11 is 0. The van der Waals surface area contributed by atoms with Gasteiger partial charge in [-0.05, 0) is 111 Å². The molecular weight excluding hydrogens is 653 g/mol. The first kappa shape index (κ1) is 32.0. The molecule has 0 aliphatic carbocycles. The first-order chi connectivity index (χ1) is 26.4. The lowest BCUT2D eigenvalue weighted by Gasteiger charge is -2.19. The number of rotatable bonds is 5. The molecule has 8 aromatic carbocycles. The number of para-hydroxylation sites is 3. The van der Waals surface area contributed by atoms with Crippen molar-refractivity contribution in [1.29, 1.82) is 0 Å². The predicted octanol–water partition coefficient (Wildman–Crippen LogP) is 14.2. The highest BCUT2D eigenvalue weighted by atomic mass is 15.0. The molecule has 0 aliphatic heterocycles. The van der Waals surface area contributed by atoms with E-state index in [4.69, 9.17) is 0 Å². The zero-order valence-electron chi connectivity index (χ0n) is 30.8. The number of hydrogen-bond acceptors (Lipinski definition) is 0. The molecule has 2 nitrogen and oxygen atoms in total. The van der Waals surface area contributed by atoms with Crippen LogP contribution in [-0.4, -0.2) is 9.13 Å². The maximum Gasteiger partial charge on any atom is 0.0541 e. The summed E-state index contributed by atoms with van der Waals surface area (Å²) in [5.74, 6) is 0. The molecule has 2 heterocycles. The topological polar surface area (TPSA) is 9.86 Å². The second kappa shape index (κ2) is 12.5. The normalized spacial score (nSPS) is 12.0. The Bertz CT molecular complexity index is 3010. The van der Waals surface area contributed by atoms with Gasteiger partial charge in [-0.15, -0.1) is 0 Å². The molecule has 0 unspecified atom stereocenters. The molecule has 0 radical (unpaired) electrons. The van der Waals surface area contributed by atoms with Crippen molar-refractivity contribution in [2.45, 2.75) is 26.2 Å². The maximum absolute atomic E-state index is 2.42. The average molecular weight is 693 g/mol. The molecule has 0 bridgehead atoms. The molecule has 2 aromatic heterocycles. The lowest BCUT2D eigenvalue weighted by molar-refractivity contribution is 0.590. The second-order valence-corrected chi connectivity index (χ2v) is 15.5. The minimum absolute atomic E-state index is 0.134. The Hall–Kier alpha value is -6.64. The van der Waals surface area contributed by atoms with Crippen molar-refractivity contribution in [3.05, 3.63) is 194 Å². The molecule has 258 valence electrons. The van der Waals surface area contributed by atoms with Crippen LogP contribution in [0.3, 0.4) is 0 Å². The number of hydrogen-bond donors (Lipinski definition) is 0. The van der Waals surface area contributed by atoms with Gasteiger partial charge in [0.2, 0.25) is 0 Å². The summed E-state index contributed by atoms with van der Waals surface area (Å²) in [6.07, 6.45) is 0. The molecular formula is C52H40N2. The molecule has 0 amide bonds. The summed E-state index contributed by atoms with van der Waals surface area (Å²) < 4.78 is 4.80. The molecule has 0 spiro atoms. The van der Waals surface area contributed by atoms with Crippen LogP contribution in [0.4, 0.5) is 0 Å². The van der Waals surface area contributed by atoms with Crippen molar-refractivity contribution < 1.29 is 0 Å². The summed E-state index contributed by atoms with van der Waals surface area (Å²) in [4.78, 5) is 0. The molecule has 0 fully saturated rings. The Balaban J connectivity index is 1.06. The molecule has 0 aliphatic rings. The fraction of sp³-hybridized carbons (Fsp3) is 0.0769. The van der Waals surface area contributed by atoms with Gasteiger partial charge in [0, 0.05) is 32.9 Å². The third kappa shape index (κ3) is 5.33. The van der Waals surface area contributed by atoms with E-state index in [1.807, 2.05) is 0 Å². The van der Waals surface area contributed by atoms with Gasteiger partial charge in [-0.3, -0.25) is 0 Å². The molecule has 0 N–H and O–H groups in total. The fourth-order valence-corrected chi connectivity index (χ4v) is 8.30. The quantitative estimate of drug-likeness (QED) is 0.170. The zero-order valence-corrected chi connectivity index (χ0v) is 30.8. The van der Waals surface area contributed by atoms with Gasteiger partial charge in [0.05, 0.1) is 22.1 Å². The standard InChI is InChI=1S/C52H40N2/c1-52(2,3)41-27-23-35(24-28-41)36-13-11-14-37(31-36)38-15-12-18-43(32-38)54-49-22-10-8-20-45(49)47-34-40(26-30-51(47)54)39-25-29-50-46(33-39)44-19-7-9-21-48(44)53(50)42-16-5-4-6-17-42/h4-34H,1-3H3. The van der Waals surface area contributed by atoms with E-state index in [9.17, 15) is 0 Å². The van der Waals surface area contributed by atoms with Gasteiger partial charge in [-0.25, -0.2) is 0 Å². The van der Waals surface area contributed by atoms with E-state index in [1.54, 1.807) is 0 Å². The highest BCUT2D eigenvalue weighted by molar-refractivity contribution is 6.12. The van der Waals surface area contributed by atoms with Crippen LogP contribution in [0.15, 0.2) is 188 Å². The Morgan fingerprint density at radius 2 is 0.722 bits per heavy atom. The molecule has 10 rings (SSSR count). The van der Waals surface area contributed by atoms with E-state index < -0.39 is 0 Å². The third-order valence-electron chi connectivity index (χ3n) is 11.1. The first-order valence-corrected chi connectivity index (χ1v) is 18.8. The van der Waals surface area contributed by atoms with Crippen molar-refractivity contribution in [1.82, 2.24) is 9.13 Å². The van der Waals surface area contributed by atoms with Crippen molar-refractivity contribution in [2.24, 2.45) is 0 Å². The van der Waals surface area contributed by atoms with Crippen LogP contribution >= 0.6 is 0 Å². The van der Waals surface area contributed by atoms with Crippen LogP contribution in [0, 0.1) is 0 Å². The minimum Gasteiger partial charge on any atom is -0.309 e. The van der Waals surface area contributed by atoms with Crippen LogP contribution in [0.1, 0.15) is 26.3 Å². The predicted molar refractivity (Wildman–Crippen MR) is 230 cm³/mol. The van der Waals surface area contributed by atoms with E-state index in [2.05, 4.69) is 218 Å². The summed E-state index contributed by atoms with van der Waals surface area (Å²) in [7, 11) is 0. The van der Waals surface area contributed by atoms with E-state index in [0.29, 0.717) is 0 Å². The summed E-state index contributed by atoms with van der Waals surface area (Å²) in [5, 5.41) is 5.03. The van der Waals surface area contributed by atoms with Gasteiger partial charge < -0.3 is 9.13 Å². The maximum atomic E-state index is 2.42. The third-order valence-corrected chi connectivity index (χ3v) is 11.1. The van der Waals surface area contributed by atoms with Gasteiger partial charge >= 0.3 is 0 Å². The van der Waals surface area contributed by atoms with E-state index in [0.717, 1.165) is 5.69 Å². The summed E-state index contributed by atoms with van der Waals surface area (Å²) in [5.41, 5.74) is 16.0. The van der Waals surface area contributed by atoms with Crippen LogP contribution in [-0.2, 0) is 5.41 Å². The van der Waals surface area contributed by atoms with Crippen molar-refractivity contribution in [2.75, 3.05) is 0 Å². The molecule has 54 heavy (non-hydrogen) atoms. The molecule has 0 atom stereocenters.